The van der Waals surface area contributed by atoms with E-state index >= 15 is 0 Å². The predicted octanol–water partition coefficient (Wildman–Crippen LogP) is 12.9. The minimum absolute atomic E-state index is 0. The molecule has 31 nitrogen and oxygen atoms in total. The second-order valence-electron chi connectivity index (χ2n) is 27.0. The van der Waals surface area contributed by atoms with Crippen molar-refractivity contribution in [1.82, 2.24) is 58.6 Å². The number of fused-ring (bicyclic) bond motifs is 4. The van der Waals surface area contributed by atoms with Gasteiger partial charge < -0.3 is 97.6 Å². The van der Waals surface area contributed by atoms with Crippen LogP contribution in [0, 0.1) is 22.7 Å². The number of nitrogens with zero attached hydrogens (tertiary/aromatic N) is 13. The number of nitriles is 2. The van der Waals surface area contributed by atoms with Gasteiger partial charge in [-0.25, -0.2) is 19.9 Å². The summed E-state index contributed by atoms with van der Waals surface area (Å²) in [5, 5.41) is 37.9. The topological polar surface area (TPSA) is 478 Å². The fourth-order valence-electron chi connectivity index (χ4n) is 12.6. The fraction of sp³-hybridized carbons (Fsp3) is 0.395. The van der Waals surface area contributed by atoms with Gasteiger partial charge in [0.1, 0.15) is 45.1 Å². The Kier molecular flexibility index (Phi) is 45.5. The van der Waals surface area contributed by atoms with Crippen LogP contribution in [-0.2, 0) is 65.0 Å². The zero-order chi connectivity index (χ0) is 84.6. The molecule has 0 saturated carbocycles. The monoisotopic (exact) mass is 1740 g/mol. The Balaban J connectivity index is 0.000000319. The van der Waals surface area contributed by atoms with Crippen LogP contribution >= 0.6 is 27.5 Å². The van der Waals surface area contributed by atoms with E-state index in [0.717, 1.165) is 200 Å². The number of alkyl halides is 1. The van der Waals surface area contributed by atoms with Gasteiger partial charge in [0.2, 0.25) is 23.8 Å². The number of esters is 1. The van der Waals surface area contributed by atoms with E-state index in [2.05, 4.69) is 126 Å². The van der Waals surface area contributed by atoms with Crippen molar-refractivity contribution in [2.24, 2.45) is 5.73 Å². The molecule has 120 heavy (non-hydrogen) atoms. The number of nitrogens with one attached hydrogen (secondary N) is 4. The number of H-pyrrole nitrogens is 1. The maximum absolute atomic E-state index is 11.7. The first-order chi connectivity index (χ1) is 56.7. The van der Waals surface area contributed by atoms with Gasteiger partial charge in [0.05, 0.1) is 115 Å². The third kappa shape index (κ3) is 30.9. The maximum Gasteiger partial charge on any atom is 1.00 e. The van der Waals surface area contributed by atoms with Crippen molar-refractivity contribution in [1.29, 1.82) is 10.5 Å². The van der Waals surface area contributed by atoms with E-state index in [1.165, 1.54) is 32.8 Å². The Morgan fingerprint density at radius 1 is 0.492 bits per heavy atom. The zero-order valence-corrected chi connectivity index (χ0v) is 74.1. The average Bonchev–Trinajstić information content (AvgIpc) is 1.65. The molecule has 4 aromatic carbocycles. The summed E-state index contributed by atoms with van der Waals surface area (Å²) >= 11 is 9.11. The number of aliphatic carboxylic acids is 1. The number of hydrogen-bond donors (Lipinski definition) is 10. The molecule has 0 atom stereocenters. The van der Waals surface area contributed by atoms with Gasteiger partial charge in [-0.05, 0) is 121 Å². The van der Waals surface area contributed by atoms with Crippen LogP contribution < -0.4 is 93.1 Å². The van der Waals surface area contributed by atoms with E-state index in [1.807, 2.05) is 102 Å². The van der Waals surface area contributed by atoms with Crippen molar-refractivity contribution >= 4 is 125 Å². The van der Waals surface area contributed by atoms with Gasteiger partial charge >= 0.3 is 41.5 Å². The number of benzene rings is 4. The molecule has 0 spiro atoms. The number of nitrogens with two attached hydrogens (primary N) is 5. The van der Waals surface area contributed by atoms with E-state index in [4.69, 9.17) is 79.6 Å². The van der Waals surface area contributed by atoms with Crippen LogP contribution in [-0.4, -0.2) is 143 Å². The number of carbonyl (C=O) groups is 2. The van der Waals surface area contributed by atoms with E-state index in [0.29, 0.717) is 49.2 Å². The smallest absolute Gasteiger partial charge is 0.870 e. The third-order valence-corrected chi connectivity index (χ3v) is 19.2. The van der Waals surface area contributed by atoms with Crippen LogP contribution in [0.2, 0.25) is 5.15 Å². The minimum atomic E-state index is -0.866. The number of carboxylic acid groups (broad SMARTS) is 1. The SMILES string of the molecule is C.CCCCCN.CCCCCNc1nc(N)nc2ccn(Cc3cc(CC#N)ccc3OC)c12.CCCCCNc1nc(N)nc2ccn(Cc3cc(CC(=O)O)ccc3OC)c12.CCCCCNc1nc(N)nc2ccn(Cc3cc(CC(=O)OC)ccc3OC)c12.COc1ccc(CC#N)cc1CBr.Nc1nc(Cl)c2[nH]ccc2n1.[Na+].[OH-]. The van der Waals surface area contributed by atoms with Crippen molar-refractivity contribution in [3.63, 3.8) is 0 Å². The summed E-state index contributed by atoms with van der Waals surface area (Å²) in [5.41, 5.74) is 42.2. The molecule has 0 amide bonds. The number of nitrogen functional groups attached to an aromatic ring is 4. The van der Waals surface area contributed by atoms with Gasteiger partial charge in [-0.15, -0.1) is 0 Å². The molecule has 12 rings (SSSR count). The number of aromatic amines is 1. The number of carboxylic acids is 1. The Hall–Kier alpha value is -11.2. The van der Waals surface area contributed by atoms with Gasteiger partial charge in [-0.2, -0.15) is 30.5 Å². The summed E-state index contributed by atoms with van der Waals surface area (Å²) in [5.74, 6) is 5.07. The first-order valence-electron chi connectivity index (χ1n) is 39.0. The predicted molar refractivity (Wildman–Crippen MR) is 478 cm³/mol. The molecule has 0 saturated heterocycles. The van der Waals surface area contributed by atoms with Crippen molar-refractivity contribution in [2.45, 2.75) is 163 Å². The van der Waals surface area contributed by atoms with Crippen LogP contribution in [0.15, 0.2) is 122 Å². The van der Waals surface area contributed by atoms with Gasteiger partial charge in [-0.3, -0.25) is 9.59 Å². The van der Waals surface area contributed by atoms with Crippen LogP contribution in [0.4, 0.5) is 41.2 Å². The molecule has 0 aliphatic heterocycles. The van der Waals surface area contributed by atoms with Crippen LogP contribution in [0.5, 0.6) is 23.0 Å². The molecule has 0 radical (unpaired) electrons. The number of aromatic nitrogens is 12. The Morgan fingerprint density at radius 3 is 1.18 bits per heavy atom. The summed E-state index contributed by atoms with van der Waals surface area (Å²) in [4.78, 5) is 59.7. The van der Waals surface area contributed by atoms with Gasteiger partial charge in [0, 0.05) is 72.0 Å². The average molecular weight is 1740 g/mol. The third-order valence-electron chi connectivity index (χ3n) is 18.3. The number of carbonyl (C=O) groups excluding carboxylic acids is 1. The number of methoxy groups -OCH3 is 5. The second kappa shape index (κ2) is 54.0. The van der Waals surface area contributed by atoms with Crippen molar-refractivity contribution in [3.05, 3.63) is 172 Å². The molecule has 8 aromatic heterocycles. The van der Waals surface area contributed by atoms with Gasteiger partial charge in [-0.1, -0.05) is 144 Å². The largest absolute Gasteiger partial charge is 1.00 e. The van der Waals surface area contributed by atoms with Crippen LogP contribution in [0.25, 0.3) is 44.1 Å². The number of unbranched alkanes of at least 4 members (excludes halogenated alkanes) is 8. The molecule has 0 unspecified atom stereocenters. The summed E-state index contributed by atoms with van der Waals surface area (Å²) in [6, 6.07) is 34.7. The first-order valence-corrected chi connectivity index (χ1v) is 40.5. The zero-order valence-electron chi connectivity index (χ0n) is 69.7. The second-order valence-corrected chi connectivity index (χ2v) is 28.0. The number of anilines is 7. The minimum Gasteiger partial charge on any atom is -0.870 e. The molecule has 0 aliphatic rings. The molecule has 638 valence electrons. The van der Waals surface area contributed by atoms with E-state index < -0.39 is 5.97 Å². The number of hydrogen-bond acceptors (Lipinski definition) is 26. The van der Waals surface area contributed by atoms with Crippen LogP contribution in [0.1, 0.15) is 157 Å². The van der Waals surface area contributed by atoms with Crippen molar-refractivity contribution < 1.29 is 73.4 Å². The quantitative estimate of drug-likeness (QED) is 0.00580. The number of rotatable bonds is 35. The van der Waals surface area contributed by atoms with E-state index in [-0.39, 0.29) is 85.1 Å². The molecule has 0 fully saturated rings. The molecule has 8 heterocycles. The first kappa shape index (κ1) is 101. The van der Waals surface area contributed by atoms with Gasteiger partial charge in [0.25, 0.3) is 0 Å². The Bertz CT molecular complexity index is 5240. The maximum atomic E-state index is 11.7. The summed E-state index contributed by atoms with van der Waals surface area (Å²) in [6.07, 6.45) is 22.5. The Morgan fingerprint density at radius 2 is 0.833 bits per heavy atom. The molecular weight excluding hydrogens is 1620 g/mol. The van der Waals surface area contributed by atoms with Crippen LogP contribution in [0.3, 0.4) is 0 Å². The number of ether oxygens (including phenoxy) is 5. The summed E-state index contributed by atoms with van der Waals surface area (Å²) < 4.78 is 32.7. The molecule has 0 aliphatic carbocycles. The van der Waals surface area contributed by atoms with Gasteiger partial charge in [0.15, 0.2) is 22.6 Å². The summed E-state index contributed by atoms with van der Waals surface area (Å²) in [6.45, 7) is 13.6. The van der Waals surface area contributed by atoms with E-state index in [1.54, 1.807) is 52.8 Å². The molecule has 16 N–H and O–H groups in total. The molecule has 0 bridgehead atoms. The molecular formula is C86H115BrClN22NaO9. The normalized spacial score (nSPS) is 10.3. The molecule has 12 aromatic rings. The number of halogens is 2. The fourth-order valence-corrected chi connectivity index (χ4v) is 13.3. The van der Waals surface area contributed by atoms with Crippen molar-refractivity contribution in [2.75, 3.05) is 101 Å². The molecule has 34 heteroatoms. The van der Waals surface area contributed by atoms with Crippen molar-refractivity contribution in [3.8, 4) is 35.1 Å². The summed E-state index contributed by atoms with van der Waals surface area (Å²) in [7, 11) is 7.93. The van der Waals surface area contributed by atoms with E-state index in [9.17, 15) is 9.59 Å². The standard InChI is InChI=1S/C22H29N5O3.C21H26N6O.C21H27N5O3.C10H10BrNO.C6H5ClN4.C5H13N.CH4.Na.H2O/c1-4-5-6-10-24-21-20-17(25-22(23)26-21)9-11-27(20)14-16-12-15(13-19(28)30-3)7-8-18(16)29-2;1-3-4-5-11-24-20-19-17(25-21(23)26-20)9-12-27(19)14-16-13-15(8-10-22)6-7-18(16)28-2;1-3-4-5-9-23-20-19-16(24-21(22)25-20)8-10-26(19)13-15-11-14(12-18(27)28)6-7-17(15)29-2;1-13-10-3-2-8(4-5-12)6-9(10)7-11;7-5-4-3(1-2-9-4)10-6(8)11-5;1-2-3-4-5-6;;;/h7-9,11-12H,4-6,10,13-14H2,1-3H3,(H3,23,24,25,26);6-7,9,12-13H,3-5,8,11,14H2,1-2H3,(H3,23,24,25,26);6-8,10-11H,3-5,9,12-13H2,1-2H3,(H,27,28)(H3,22,23,24,25);2-3,6H,4,7H2,1H3;1-2,9H,(H2,8,10,11);2-6H2,1H3;1H4;;1H2/q;;;;;;;+1;/p-1. The Labute approximate surface area is 738 Å².